The van der Waals surface area contributed by atoms with Crippen molar-refractivity contribution in [2.45, 2.75) is 24.8 Å². The average Bonchev–Trinajstić information content (AvgIpc) is 2.43. The van der Waals surface area contributed by atoms with E-state index in [2.05, 4.69) is 4.98 Å². The van der Waals surface area contributed by atoms with E-state index in [0.29, 0.717) is 28.9 Å². The van der Waals surface area contributed by atoms with Crippen LogP contribution in [0.25, 0.3) is 0 Å². The number of benzene rings is 1. The molecule has 0 radical (unpaired) electrons. The van der Waals surface area contributed by atoms with Gasteiger partial charge in [-0.05, 0) is 31.5 Å². The quantitative estimate of drug-likeness (QED) is 0.849. The Labute approximate surface area is 140 Å². The molecule has 2 heterocycles. The molecule has 1 aromatic heterocycles. The van der Waals surface area contributed by atoms with Gasteiger partial charge in [-0.15, -0.1) is 0 Å². The molecule has 1 aliphatic rings. The van der Waals surface area contributed by atoms with Gasteiger partial charge in [-0.25, -0.2) is 13.4 Å². The molecule has 0 atom stereocenters. The van der Waals surface area contributed by atoms with E-state index in [1.807, 2.05) is 26.0 Å². The number of rotatable bonds is 4. The molecule has 122 valence electrons. The molecule has 23 heavy (non-hydrogen) atoms. The van der Waals surface area contributed by atoms with Gasteiger partial charge in [-0.3, -0.25) is 0 Å². The molecule has 7 heteroatoms. The van der Waals surface area contributed by atoms with Gasteiger partial charge in [0.05, 0.1) is 23.0 Å². The van der Waals surface area contributed by atoms with Gasteiger partial charge in [0.25, 0.3) is 0 Å². The molecule has 0 bridgehead atoms. The molecule has 2 aromatic rings. The number of hydrogen-bond acceptors (Lipinski definition) is 4. The zero-order valence-corrected chi connectivity index (χ0v) is 14.4. The zero-order valence-electron chi connectivity index (χ0n) is 12.9. The summed E-state index contributed by atoms with van der Waals surface area (Å²) >= 11 is 5.77. The van der Waals surface area contributed by atoms with Crippen molar-refractivity contribution in [3.8, 4) is 5.88 Å². The van der Waals surface area contributed by atoms with Crippen LogP contribution in [0.15, 0.2) is 41.4 Å². The Morgan fingerprint density at radius 3 is 2.57 bits per heavy atom. The highest BCUT2D eigenvalue weighted by molar-refractivity contribution is 7.89. The molecule has 0 spiro atoms. The van der Waals surface area contributed by atoms with Crippen LogP contribution in [-0.2, 0) is 10.0 Å². The topological polar surface area (TPSA) is 59.5 Å². The molecular formula is C16H17ClN2O3S. The standard InChI is InChI=1S/C16H17ClN2O3S/c1-11-3-5-15(12(2)7-11)23(20,21)19-9-14(10-19)22-16-6-4-13(17)8-18-16/h3-8,14H,9-10H2,1-2H3. The molecule has 5 nitrogen and oxygen atoms in total. The summed E-state index contributed by atoms with van der Waals surface area (Å²) in [5.41, 5.74) is 1.80. The molecule has 0 aliphatic carbocycles. The second kappa shape index (κ2) is 6.11. The first-order valence-electron chi connectivity index (χ1n) is 7.22. The highest BCUT2D eigenvalue weighted by atomic mass is 35.5. The summed E-state index contributed by atoms with van der Waals surface area (Å²) in [7, 11) is -3.47. The van der Waals surface area contributed by atoms with Crippen LogP contribution in [0.4, 0.5) is 0 Å². The Kier molecular flexibility index (Phi) is 4.31. The maximum atomic E-state index is 12.6. The summed E-state index contributed by atoms with van der Waals surface area (Å²) in [4.78, 5) is 4.40. The van der Waals surface area contributed by atoms with Crippen molar-refractivity contribution in [3.05, 3.63) is 52.7 Å². The van der Waals surface area contributed by atoms with Crippen molar-refractivity contribution in [1.82, 2.24) is 9.29 Å². The third-order valence-electron chi connectivity index (χ3n) is 3.75. The maximum absolute atomic E-state index is 12.6. The van der Waals surface area contributed by atoms with E-state index in [4.69, 9.17) is 16.3 Å². The number of halogens is 1. The molecular weight excluding hydrogens is 336 g/mol. The SMILES string of the molecule is Cc1ccc(S(=O)(=O)N2CC(Oc3ccc(Cl)cn3)C2)c(C)c1. The predicted octanol–water partition coefficient (Wildman–Crippen LogP) is 2.80. The van der Waals surface area contributed by atoms with E-state index < -0.39 is 10.0 Å². The van der Waals surface area contributed by atoms with E-state index in [9.17, 15) is 8.42 Å². The fourth-order valence-corrected chi connectivity index (χ4v) is 4.32. The van der Waals surface area contributed by atoms with Gasteiger partial charge in [0.1, 0.15) is 6.10 Å². The lowest BCUT2D eigenvalue weighted by Gasteiger charge is -2.37. The molecule has 1 aromatic carbocycles. The highest BCUT2D eigenvalue weighted by Gasteiger charge is 2.38. The Hall–Kier alpha value is -1.63. The molecule has 0 amide bonds. The molecule has 3 rings (SSSR count). The second-order valence-corrected chi connectivity index (χ2v) is 7.99. The third-order valence-corrected chi connectivity index (χ3v) is 5.97. The Morgan fingerprint density at radius 2 is 1.96 bits per heavy atom. The van der Waals surface area contributed by atoms with Crippen LogP contribution in [0.1, 0.15) is 11.1 Å². The van der Waals surface area contributed by atoms with Crippen LogP contribution in [-0.4, -0.2) is 36.9 Å². The summed E-state index contributed by atoms with van der Waals surface area (Å²) in [5, 5.41) is 0.532. The first-order chi connectivity index (χ1) is 10.9. The third kappa shape index (κ3) is 3.34. The van der Waals surface area contributed by atoms with Crippen LogP contribution in [0.5, 0.6) is 5.88 Å². The largest absolute Gasteiger partial charge is 0.472 e. The number of aromatic nitrogens is 1. The Bertz CT molecular complexity index is 816. The molecule has 0 saturated carbocycles. The fourth-order valence-electron chi connectivity index (χ4n) is 2.50. The molecule has 0 N–H and O–H groups in total. The van der Waals surface area contributed by atoms with Crippen LogP contribution in [0, 0.1) is 13.8 Å². The summed E-state index contributed by atoms with van der Waals surface area (Å²) in [5.74, 6) is 0.447. The van der Waals surface area contributed by atoms with Gasteiger partial charge in [0, 0.05) is 12.3 Å². The number of nitrogens with zero attached hydrogens (tertiary/aromatic N) is 2. The van der Waals surface area contributed by atoms with Crippen molar-refractivity contribution >= 4 is 21.6 Å². The summed E-state index contributed by atoms with van der Waals surface area (Å²) in [6.07, 6.45) is 1.31. The molecule has 0 unspecified atom stereocenters. The van der Waals surface area contributed by atoms with E-state index in [1.165, 1.54) is 10.5 Å². The van der Waals surface area contributed by atoms with E-state index in [0.717, 1.165) is 11.1 Å². The molecule has 1 fully saturated rings. The highest BCUT2D eigenvalue weighted by Crippen LogP contribution is 2.26. The lowest BCUT2D eigenvalue weighted by Crippen LogP contribution is -2.56. The monoisotopic (exact) mass is 352 g/mol. The number of aryl methyl sites for hydroxylation is 2. The predicted molar refractivity (Wildman–Crippen MR) is 88.3 cm³/mol. The Balaban J connectivity index is 1.67. The lowest BCUT2D eigenvalue weighted by molar-refractivity contribution is 0.0720. The smallest absolute Gasteiger partial charge is 0.243 e. The fraction of sp³-hybridized carbons (Fsp3) is 0.312. The second-order valence-electron chi connectivity index (χ2n) is 5.65. The van der Waals surface area contributed by atoms with Gasteiger partial charge in [-0.2, -0.15) is 4.31 Å². The van der Waals surface area contributed by atoms with Crippen molar-refractivity contribution < 1.29 is 13.2 Å². The zero-order chi connectivity index (χ0) is 16.6. The van der Waals surface area contributed by atoms with Crippen molar-refractivity contribution in [2.24, 2.45) is 0 Å². The van der Waals surface area contributed by atoms with E-state index >= 15 is 0 Å². The number of pyridine rings is 1. The van der Waals surface area contributed by atoms with E-state index in [1.54, 1.807) is 18.2 Å². The van der Waals surface area contributed by atoms with Crippen LogP contribution in [0.2, 0.25) is 5.02 Å². The van der Waals surface area contributed by atoms with Gasteiger partial charge >= 0.3 is 0 Å². The number of ether oxygens (including phenoxy) is 1. The van der Waals surface area contributed by atoms with Crippen LogP contribution in [0.3, 0.4) is 0 Å². The minimum Gasteiger partial charge on any atom is -0.472 e. The first kappa shape index (κ1) is 16.2. The lowest BCUT2D eigenvalue weighted by atomic mass is 10.2. The summed E-state index contributed by atoms with van der Waals surface area (Å²) < 4.78 is 32.3. The number of hydrogen-bond donors (Lipinski definition) is 0. The molecule has 1 aliphatic heterocycles. The summed E-state index contributed by atoms with van der Waals surface area (Å²) in [6, 6.07) is 8.70. The van der Waals surface area contributed by atoms with Gasteiger partial charge < -0.3 is 4.74 Å². The minimum atomic E-state index is -3.47. The van der Waals surface area contributed by atoms with Crippen LogP contribution < -0.4 is 4.74 Å². The van der Waals surface area contributed by atoms with Crippen molar-refractivity contribution in [3.63, 3.8) is 0 Å². The van der Waals surface area contributed by atoms with Crippen molar-refractivity contribution in [1.29, 1.82) is 0 Å². The number of sulfonamides is 1. The Morgan fingerprint density at radius 1 is 1.22 bits per heavy atom. The minimum absolute atomic E-state index is 0.191. The maximum Gasteiger partial charge on any atom is 0.243 e. The van der Waals surface area contributed by atoms with Gasteiger partial charge in [0.15, 0.2) is 0 Å². The van der Waals surface area contributed by atoms with E-state index in [-0.39, 0.29) is 6.10 Å². The summed E-state index contributed by atoms with van der Waals surface area (Å²) in [6.45, 7) is 4.39. The normalized spacial score (nSPS) is 16.1. The molecule has 1 saturated heterocycles. The average molecular weight is 353 g/mol. The van der Waals surface area contributed by atoms with Gasteiger partial charge in [0.2, 0.25) is 15.9 Å². The first-order valence-corrected chi connectivity index (χ1v) is 9.04. The van der Waals surface area contributed by atoms with Crippen molar-refractivity contribution in [2.75, 3.05) is 13.1 Å². The van der Waals surface area contributed by atoms with Crippen LogP contribution >= 0.6 is 11.6 Å². The van der Waals surface area contributed by atoms with Gasteiger partial charge in [-0.1, -0.05) is 29.3 Å².